The van der Waals surface area contributed by atoms with Gasteiger partial charge in [0, 0.05) is 30.3 Å². The molecule has 0 fully saturated rings. The number of nitrogens with zero attached hydrogens (tertiary/aromatic N) is 2. The average Bonchev–Trinajstić information content (AvgIpc) is 2.72. The lowest BCUT2D eigenvalue weighted by atomic mass is 10.1. The van der Waals surface area contributed by atoms with E-state index in [1.807, 2.05) is 23.9 Å². The molecule has 0 radical (unpaired) electrons. The van der Waals surface area contributed by atoms with Gasteiger partial charge in [-0.25, -0.2) is 0 Å². The van der Waals surface area contributed by atoms with E-state index in [2.05, 4.69) is 0 Å². The minimum atomic E-state index is -0.487. The first-order chi connectivity index (χ1) is 9.08. The molecule has 0 aliphatic rings. The summed E-state index contributed by atoms with van der Waals surface area (Å²) in [5.74, 6) is 1.24. The van der Waals surface area contributed by atoms with E-state index in [9.17, 15) is 10.1 Å². The summed E-state index contributed by atoms with van der Waals surface area (Å²) in [7, 11) is 4.99. The quantitative estimate of drug-likeness (QED) is 0.627. The lowest BCUT2D eigenvalue weighted by Gasteiger charge is -2.09. The van der Waals surface area contributed by atoms with E-state index < -0.39 is 4.92 Å². The Bertz CT molecular complexity index is 658. The monoisotopic (exact) mass is 262 g/mol. The predicted octanol–water partition coefficient (Wildman–Crippen LogP) is 2.44. The maximum absolute atomic E-state index is 10.4. The van der Waals surface area contributed by atoms with Crippen molar-refractivity contribution in [3.05, 3.63) is 40.2 Å². The highest BCUT2D eigenvalue weighted by Gasteiger charge is 2.14. The van der Waals surface area contributed by atoms with E-state index in [0.29, 0.717) is 11.5 Å². The van der Waals surface area contributed by atoms with Crippen LogP contribution in [0.4, 0.5) is 0 Å². The number of hydrogen-bond donors (Lipinski definition) is 0. The molecule has 0 atom stereocenters. The Labute approximate surface area is 110 Å². The molecular formula is C13H14N2O4. The highest BCUT2D eigenvalue weighted by Crippen LogP contribution is 2.37. The molecule has 0 spiro atoms. The molecule has 1 heterocycles. The number of rotatable bonds is 4. The van der Waals surface area contributed by atoms with Crippen LogP contribution in [0.3, 0.4) is 0 Å². The van der Waals surface area contributed by atoms with Gasteiger partial charge >= 0.3 is 0 Å². The highest BCUT2D eigenvalue weighted by atomic mass is 16.6. The first kappa shape index (κ1) is 12.9. The van der Waals surface area contributed by atoms with Crippen molar-refractivity contribution in [1.29, 1.82) is 0 Å². The standard InChI is InChI=1S/C13H14N2O4/c1-14-8-9(6-7-15(16)17)10-4-5-11(18-2)13(19-3)12(10)14/h4-8H,1-3H3/b7-6+. The van der Waals surface area contributed by atoms with E-state index in [0.717, 1.165) is 22.7 Å². The molecule has 0 bridgehead atoms. The largest absolute Gasteiger partial charge is 0.493 e. The van der Waals surface area contributed by atoms with Gasteiger partial charge in [0.1, 0.15) is 0 Å². The van der Waals surface area contributed by atoms with Gasteiger partial charge in [0.2, 0.25) is 6.20 Å². The van der Waals surface area contributed by atoms with Gasteiger partial charge in [0.05, 0.1) is 24.7 Å². The zero-order valence-electron chi connectivity index (χ0n) is 10.9. The maximum Gasteiger partial charge on any atom is 0.235 e. The first-order valence-corrected chi connectivity index (χ1v) is 5.60. The number of aromatic nitrogens is 1. The second kappa shape index (κ2) is 5.01. The van der Waals surface area contributed by atoms with Crippen LogP contribution < -0.4 is 9.47 Å². The van der Waals surface area contributed by atoms with Crippen molar-refractivity contribution in [3.63, 3.8) is 0 Å². The summed E-state index contributed by atoms with van der Waals surface area (Å²) in [4.78, 5) is 9.92. The Morgan fingerprint density at radius 3 is 2.63 bits per heavy atom. The second-order valence-corrected chi connectivity index (χ2v) is 3.99. The highest BCUT2D eigenvalue weighted by molar-refractivity contribution is 5.95. The van der Waals surface area contributed by atoms with E-state index in [-0.39, 0.29) is 0 Å². The summed E-state index contributed by atoms with van der Waals surface area (Å²) in [6.07, 6.45) is 4.20. The third-order valence-electron chi connectivity index (χ3n) is 2.89. The fraction of sp³-hybridized carbons (Fsp3) is 0.231. The molecule has 2 aromatic rings. The number of aryl methyl sites for hydroxylation is 1. The van der Waals surface area contributed by atoms with Gasteiger partial charge < -0.3 is 14.0 Å². The summed E-state index contributed by atoms with van der Waals surface area (Å²) in [5.41, 5.74) is 1.60. The van der Waals surface area contributed by atoms with Gasteiger partial charge in [-0.2, -0.15) is 0 Å². The van der Waals surface area contributed by atoms with Crippen LogP contribution in [0.2, 0.25) is 0 Å². The molecule has 19 heavy (non-hydrogen) atoms. The molecule has 0 amide bonds. The van der Waals surface area contributed by atoms with Crippen LogP contribution in [-0.4, -0.2) is 23.7 Å². The normalized spacial score (nSPS) is 11.1. The summed E-state index contributed by atoms with van der Waals surface area (Å²) >= 11 is 0. The third-order valence-corrected chi connectivity index (χ3v) is 2.89. The van der Waals surface area contributed by atoms with Gasteiger partial charge in [-0.1, -0.05) is 0 Å². The molecule has 0 aliphatic carbocycles. The molecule has 1 aromatic heterocycles. The molecule has 6 heteroatoms. The Hall–Kier alpha value is -2.50. The fourth-order valence-corrected chi connectivity index (χ4v) is 2.11. The van der Waals surface area contributed by atoms with Crippen LogP contribution in [0.15, 0.2) is 24.5 Å². The van der Waals surface area contributed by atoms with Crippen LogP contribution in [-0.2, 0) is 7.05 Å². The minimum Gasteiger partial charge on any atom is -0.493 e. The van der Waals surface area contributed by atoms with E-state index in [1.165, 1.54) is 6.08 Å². The number of ether oxygens (including phenoxy) is 2. The molecule has 0 saturated heterocycles. The zero-order chi connectivity index (χ0) is 14.0. The topological polar surface area (TPSA) is 66.5 Å². The van der Waals surface area contributed by atoms with Crippen LogP contribution in [0.1, 0.15) is 5.56 Å². The van der Waals surface area contributed by atoms with Gasteiger partial charge in [-0.05, 0) is 12.1 Å². The van der Waals surface area contributed by atoms with Crippen LogP contribution in [0.25, 0.3) is 17.0 Å². The van der Waals surface area contributed by atoms with E-state index >= 15 is 0 Å². The number of fused-ring (bicyclic) bond motifs is 1. The summed E-state index contributed by atoms with van der Waals surface area (Å²) < 4.78 is 12.5. The SMILES string of the molecule is COc1ccc2c(/C=C/[N+](=O)[O-])cn(C)c2c1OC. The average molecular weight is 262 g/mol. The van der Waals surface area contributed by atoms with Crippen molar-refractivity contribution < 1.29 is 14.4 Å². The number of hydrogen-bond acceptors (Lipinski definition) is 4. The van der Waals surface area contributed by atoms with Crippen molar-refractivity contribution in [1.82, 2.24) is 4.57 Å². The van der Waals surface area contributed by atoms with Crippen molar-refractivity contribution >= 4 is 17.0 Å². The van der Waals surface area contributed by atoms with E-state index in [1.54, 1.807) is 20.3 Å². The van der Waals surface area contributed by atoms with Gasteiger partial charge in [0.25, 0.3) is 0 Å². The Kier molecular flexibility index (Phi) is 3.41. The molecule has 2 rings (SSSR count). The zero-order valence-corrected chi connectivity index (χ0v) is 10.9. The second-order valence-electron chi connectivity index (χ2n) is 3.99. The number of benzene rings is 1. The van der Waals surface area contributed by atoms with Crippen molar-refractivity contribution in [3.8, 4) is 11.5 Å². The number of methoxy groups -OCH3 is 2. The lowest BCUT2D eigenvalue weighted by molar-refractivity contribution is -0.400. The molecule has 6 nitrogen and oxygen atoms in total. The lowest BCUT2D eigenvalue weighted by Crippen LogP contribution is -1.94. The maximum atomic E-state index is 10.4. The predicted molar refractivity (Wildman–Crippen MR) is 72.1 cm³/mol. The van der Waals surface area contributed by atoms with Gasteiger partial charge in [-0.3, -0.25) is 10.1 Å². The Morgan fingerprint density at radius 2 is 2.05 bits per heavy atom. The molecule has 1 aromatic carbocycles. The van der Waals surface area contributed by atoms with Crippen LogP contribution in [0.5, 0.6) is 11.5 Å². The Balaban J connectivity index is 2.69. The number of nitro groups is 1. The fourth-order valence-electron chi connectivity index (χ4n) is 2.11. The molecular weight excluding hydrogens is 248 g/mol. The molecule has 100 valence electrons. The van der Waals surface area contributed by atoms with Gasteiger partial charge in [0.15, 0.2) is 11.5 Å². The first-order valence-electron chi connectivity index (χ1n) is 5.60. The molecule has 0 aliphatic heterocycles. The summed E-state index contributed by atoms with van der Waals surface area (Å²) in [6, 6.07) is 3.64. The molecule has 0 N–H and O–H groups in total. The third kappa shape index (κ3) is 2.24. The van der Waals surface area contributed by atoms with Gasteiger partial charge in [-0.15, -0.1) is 0 Å². The smallest absolute Gasteiger partial charge is 0.235 e. The van der Waals surface area contributed by atoms with Crippen molar-refractivity contribution in [2.45, 2.75) is 0 Å². The molecule has 0 unspecified atom stereocenters. The minimum absolute atomic E-state index is 0.487. The van der Waals surface area contributed by atoms with Crippen LogP contribution in [0, 0.1) is 10.1 Å². The van der Waals surface area contributed by atoms with Crippen molar-refractivity contribution in [2.24, 2.45) is 7.05 Å². The van der Waals surface area contributed by atoms with Crippen molar-refractivity contribution in [2.75, 3.05) is 14.2 Å². The molecule has 0 saturated carbocycles. The summed E-state index contributed by atoms with van der Waals surface area (Å²) in [5, 5.41) is 11.3. The Morgan fingerprint density at radius 1 is 1.32 bits per heavy atom. The van der Waals surface area contributed by atoms with E-state index in [4.69, 9.17) is 9.47 Å². The summed E-state index contributed by atoms with van der Waals surface area (Å²) in [6.45, 7) is 0. The van der Waals surface area contributed by atoms with Crippen LogP contribution >= 0.6 is 0 Å².